The molecule has 1 aliphatic heterocycles. The van der Waals surface area contributed by atoms with Crippen LogP contribution in [-0.2, 0) is 6.54 Å². The molecule has 1 saturated heterocycles. The molecule has 0 aromatic carbocycles. The summed E-state index contributed by atoms with van der Waals surface area (Å²) in [6.45, 7) is 9.77. The minimum Gasteiger partial charge on any atom is -0.314 e. The third kappa shape index (κ3) is 4.62. The van der Waals surface area contributed by atoms with Crippen molar-refractivity contribution < 1.29 is 0 Å². The summed E-state index contributed by atoms with van der Waals surface area (Å²) in [4.78, 5) is 0. The highest BCUT2D eigenvalue weighted by atomic mass is 15.3. The first-order chi connectivity index (χ1) is 9.15. The molecular formula is C15H28N4. The van der Waals surface area contributed by atoms with Crippen molar-refractivity contribution in [2.75, 3.05) is 13.1 Å². The maximum absolute atomic E-state index is 4.49. The Morgan fingerprint density at radius 2 is 2.37 bits per heavy atom. The molecule has 4 heteroatoms. The lowest BCUT2D eigenvalue weighted by Crippen LogP contribution is -2.34. The molecule has 1 aromatic rings. The minimum atomic E-state index is 0.607. The molecule has 2 rings (SSSR count). The van der Waals surface area contributed by atoms with E-state index in [9.17, 15) is 0 Å². The van der Waals surface area contributed by atoms with Crippen molar-refractivity contribution in [2.45, 2.75) is 65.1 Å². The van der Waals surface area contributed by atoms with Gasteiger partial charge in [-0.15, -0.1) is 0 Å². The SMILES string of the molecule is Cc1cc(C)n(CCCNC(C)CC2CCCN2)n1. The van der Waals surface area contributed by atoms with Gasteiger partial charge < -0.3 is 10.6 Å². The number of rotatable bonds is 7. The fourth-order valence-electron chi connectivity index (χ4n) is 2.95. The molecule has 2 atom stereocenters. The number of nitrogens with zero attached hydrogens (tertiary/aromatic N) is 2. The molecule has 4 nitrogen and oxygen atoms in total. The van der Waals surface area contributed by atoms with Gasteiger partial charge in [0, 0.05) is 24.3 Å². The average Bonchev–Trinajstić information content (AvgIpc) is 2.95. The average molecular weight is 264 g/mol. The van der Waals surface area contributed by atoms with Gasteiger partial charge in [0.25, 0.3) is 0 Å². The molecule has 19 heavy (non-hydrogen) atoms. The molecule has 0 aliphatic carbocycles. The Kier molecular flexibility index (Phi) is 5.40. The summed E-state index contributed by atoms with van der Waals surface area (Å²) >= 11 is 0. The van der Waals surface area contributed by atoms with Crippen LogP contribution in [0.3, 0.4) is 0 Å². The van der Waals surface area contributed by atoms with Crippen LogP contribution >= 0.6 is 0 Å². The summed E-state index contributed by atoms with van der Waals surface area (Å²) < 4.78 is 2.11. The van der Waals surface area contributed by atoms with Crippen LogP contribution in [0, 0.1) is 13.8 Å². The van der Waals surface area contributed by atoms with Gasteiger partial charge in [0.05, 0.1) is 5.69 Å². The first-order valence-corrected chi connectivity index (χ1v) is 7.63. The van der Waals surface area contributed by atoms with Gasteiger partial charge in [-0.25, -0.2) is 0 Å². The highest BCUT2D eigenvalue weighted by Gasteiger charge is 2.16. The Balaban J connectivity index is 1.59. The first kappa shape index (κ1) is 14.5. The van der Waals surface area contributed by atoms with Crippen molar-refractivity contribution in [3.63, 3.8) is 0 Å². The first-order valence-electron chi connectivity index (χ1n) is 7.63. The third-order valence-electron chi connectivity index (χ3n) is 3.94. The summed E-state index contributed by atoms with van der Waals surface area (Å²) in [5, 5.41) is 11.7. The van der Waals surface area contributed by atoms with E-state index in [-0.39, 0.29) is 0 Å². The van der Waals surface area contributed by atoms with Crippen molar-refractivity contribution in [3.05, 3.63) is 17.5 Å². The van der Waals surface area contributed by atoms with Crippen LogP contribution in [0.25, 0.3) is 0 Å². The van der Waals surface area contributed by atoms with Crippen molar-refractivity contribution in [1.29, 1.82) is 0 Å². The van der Waals surface area contributed by atoms with Crippen LogP contribution in [0.5, 0.6) is 0 Å². The van der Waals surface area contributed by atoms with Crippen LogP contribution in [0.2, 0.25) is 0 Å². The Labute approximate surface area is 117 Å². The standard InChI is InChI=1S/C15H28N4/c1-12(11-15-6-4-7-17-15)16-8-5-9-19-14(3)10-13(2)18-19/h10,12,15-17H,4-9,11H2,1-3H3. The fourth-order valence-corrected chi connectivity index (χ4v) is 2.95. The van der Waals surface area contributed by atoms with E-state index < -0.39 is 0 Å². The van der Waals surface area contributed by atoms with E-state index in [1.54, 1.807) is 0 Å². The van der Waals surface area contributed by atoms with Gasteiger partial charge in [0.1, 0.15) is 0 Å². The molecule has 2 heterocycles. The number of aromatic nitrogens is 2. The maximum Gasteiger partial charge on any atom is 0.0596 e. The Bertz CT molecular complexity index is 379. The molecule has 0 radical (unpaired) electrons. The zero-order chi connectivity index (χ0) is 13.7. The summed E-state index contributed by atoms with van der Waals surface area (Å²) in [6, 6.07) is 3.48. The third-order valence-corrected chi connectivity index (χ3v) is 3.94. The predicted octanol–water partition coefficient (Wildman–Crippen LogP) is 2.01. The molecule has 1 aromatic heterocycles. The van der Waals surface area contributed by atoms with Crippen LogP contribution in [0.15, 0.2) is 6.07 Å². The molecule has 0 amide bonds. The van der Waals surface area contributed by atoms with Crippen molar-refractivity contribution in [3.8, 4) is 0 Å². The van der Waals surface area contributed by atoms with E-state index in [0.29, 0.717) is 6.04 Å². The Hall–Kier alpha value is -0.870. The molecule has 0 bridgehead atoms. The van der Waals surface area contributed by atoms with Crippen molar-refractivity contribution >= 4 is 0 Å². The zero-order valence-corrected chi connectivity index (χ0v) is 12.6. The van der Waals surface area contributed by atoms with Crippen molar-refractivity contribution in [2.24, 2.45) is 0 Å². The smallest absolute Gasteiger partial charge is 0.0596 e. The quantitative estimate of drug-likeness (QED) is 0.740. The van der Waals surface area contributed by atoms with E-state index in [4.69, 9.17) is 0 Å². The van der Waals surface area contributed by atoms with E-state index in [2.05, 4.69) is 47.3 Å². The van der Waals surface area contributed by atoms with Crippen LogP contribution in [0.4, 0.5) is 0 Å². The largest absolute Gasteiger partial charge is 0.314 e. The van der Waals surface area contributed by atoms with E-state index in [0.717, 1.165) is 31.2 Å². The number of aryl methyl sites for hydroxylation is 3. The highest BCUT2D eigenvalue weighted by Crippen LogP contribution is 2.10. The molecule has 1 fully saturated rings. The number of nitrogens with one attached hydrogen (secondary N) is 2. The Morgan fingerprint density at radius 1 is 1.53 bits per heavy atom. The molecule has 1 aliphatic rings. The van der Waals surface area contributed by atoms with E-state index in [1.807, 2.05) is 0 Å². The van der Waals surface area contributed by atoms with Gasteiger partial charge in [0.15, 0.2) is 0 Å². The highest BCUT2D eigenvalue weighted by molar-refractivity contribution is 5.06. The second-order valence-electron chi connectivity index (χ2n) is 5.89. The van der Waals surface area contributed by atoms with Crippen molar-refractivity contribution in [1.82, 2.24) is 20.4 Å². The second-order valence-corrected chi connectivity index (χ2v) is 5.89. The van der Waals surface area contributed by atoms with Gasteiger partial charge in [0.2, 0.25) is 0 Å². The molecule has 2 N–H and O–H groups in total. The monoisotopic (exact) mass is 264 g/mol. The Morgan fingerprint density at radius 3 is 3.00 bits per heavy atom. The van der Waals surface area contributed by atoms with Gasteiger partial charge in [-0.1, -0.05) is 0 Å². The van der Waals surface area contributed by atoms with E-state index in [1.165, 1.54) is 31.5 Å². The summed E-state index contributed by atoms with van der Waals surface area (Å²) in [5.41, 5.74) is 2.38. The van der Waals surface area contributed by atoms with Crippen LogP contribution in [-0.4, -0.2) is 35.0 Å². The normalized spacial score (nSPS) is 20.9. The fraction of sp³-hybridized carbons (Fsp3) is 0.800. The molecule has 108 valence electrons. The predicted molar refractivity (Wildman–Crippen MR) is 79.4 cm³/mol. The lowest BCUT2D eigenvalue weighted by atomic mass is 10.1. The number of hydrogen-bond acceptors (Lipinski definition) is 3. The van der Waals surface area contributed by atoms with Gasteiger partial charge in [-0.2, -0.15) is 5.10 Å². The minimum absolute atomic E-state index is 0.607. The molecule has 0 spiro atoms. The lowest BCUT2D eigenvalue weighted by Gasteiger charge is -2.18. The summed E-state index contributed by atoms with van der Waals surface area (Å²) in [6.07, 6.45) is 5.08. The molecular weight excluding hydrogens is 236 g/mol. The van der Waals surface area contributed by atoms with Crippen LogP contribution in [0.1, 0.15) is 44.0 Å². The molecule has 0 saturated carbocycles. The van der Waals surface area contributed by atoms with Gasteiger partial charge in [-0.3, -0.25) is 4.68 Å². The molecule has 2 unspecified atom stereocenters. The lowest BCUT2D eigenvalue weighted by molar-refractivity contribution is 0.427. The van der Waals surface area contributed by atoms with E-state index >= 15 is 0 Å². The van der Waals surface area contributed by atoms with Crippen LogP contribution < -0.4 is 10.6 Å². The summed E-state index contributed by atoms with van der Waals surface area (Å²) in [7, 11) is 0. The maximum atomic E-state index is 4.49. The second kappa shape index (κ2) is 7.06. The topological polar surface area (TPSA) is 41.9 Å². The van der Waals surface area contributed by atoms with Gasteiger partial charge in [-0.05, 0) is 65.6 Å². The zero-order valence-electron chi connectivity index (χ0n) is 12.6. The van der Waals surface area contributed by atoms with Gasteiger partial charge >= 0.3 is 0 Å². The summed E-state index contributed by atoms with van der Waals surface area (Å²) in [5.74, 6) is 0. The number of hydrogen-bond donors (Lipinski definition) is 2.